The molecule has 0 saturated heterocycles. The minimum atomic E-state index is -0.750. The Morgan fingerprint density at radius 2 is 1.15 bits per heavy atom. The van der Waals surface area contributed by atoms with Crippen LogP contribution in [0.2, 0.25) is 0 Å². The van der Waals surface area contributed by atoms with Gasteiger partial charge in [-0.3, -0.25) is 0 Å². The molecule has 39 heavy (non-hydrogen) atoms. The van der Waals surface area contributed by atoms with E-state index in [2.05, 4.69) is 153 Å². The average molecular weight is 517 g/mol. The summed E-state index contributed by atoms with van der Waals surface area (Å²) in [6.45, 7) is 4.39. The number of hydrogen-bond acceptors (Lipinski definition) is 0. The van der Waals surface area contributed by atoms with Crippen LogP contribution in [0.15, 0.2) is 140 Å². The van der Waals surface area contributed by atoms with Crippen molar-refractivity contribution in [3.05, 3.63) is 145 Å². The van der Waals surface area contributed by atoms with Gasteiger partial charge in [-0.25, -0.2) is 0 Å². The second kappa shape index (κ2) is 9.81. The summed E-state index contributed by atoms with van der Waals surface area (Å²) < 4.78 is 0. The van der Waals surface area contributed by atoms with E-state index in [0.717, 1.165) is 0 Å². The van der Waals surface area contributed by atoms with Crippen molar-refractivity contribution < 1.29 is 0 Å². The molecule has 0 N–H and O–H groups in total. The van der Waals surface area contributed by atoms with Gasteiger partial charge in [-0.1, -0.05) is 133 Å². The summed E-state index contributed by atoms with van der Waals surface area (Å²) in [6, 6.07) is 49.5. The van der Waals surface area contributed by atoms with Crippen molar-refractivity contribution in [1.29, 1.82) is 0 Å². The molecule has 0 unspecified atom stereocenters. The van der Waals surface area contributed by atoms with Crippen molar-refractivity contribution >= 4 is 61.7 Å². The highest BCUT2D eigenvalue weighted by molar-refractivity contribution is 7.80. The van der Waals surface area contributed by atoms with Crippen LogP contribution in [0.4, 0.5) is 0 Å². The van der Waals surface area contributed by atoms with Crippen LogP contribution >= 0.6 is 7.92 Å². The lowest BCUT2D eigenvalue weighted by molar-refractivity contribution is 1.57. The maximum Gasteiger partial charge on any atom is -0.00201 e. The first kappa shape index (κ1) is 23.8. The molecule has 186 valence electrons. The molecule has 0 aliphatic heterocycles. The zero-order valence-electron chi connectivity index (χ0n) is 22.2. The van der Waals surface area contributed by atoms with Gasteiger partial charge in [-0.2, -0.15) is 0 Å². The number of allylic oxidation sites excluding steroid dienone is 2. The molecule has 0 atom stereocenters. The van der Waals surface area contributed by atoms with Crippen LogP contribution < -0.4 is 15.9 Å². The van der Waals surface area contributed by atoms with Crippen LogP contribution in [-0.4, -0.2) is 0 Å². The van der Waals surface area contributed by atoms with Crippen molar-refractivity contribution in [1.82, 2.24) is 0 Å². The molecule has 0 saturated carbocycles. The van der Waals surface area contributed by atoms with Crippen molar-refractivity contribution in [2.75, 3.05) is 0 Å². The van der Waals surface area contributed by atoms with Crippen LogP contribution in [0.3, 0.4) is 0 Å². The van der Waals surface area contributed by atoms with Gasteiger partial charge >= 0.3 is 0 Å². The third kappa shape index (κ3) is 3.95. The molecule has 0 aliphatic rings. The van der Waals surface area contributed by atoms with E-state index in [-0.39, 0.29) is 0 Å². The molecule has 7 rings (SSSR count). The van der Waals surface area contributed by atoms with Crippen LogP contribution in [0.5, 0.6) is 0 Å². The average Bonchev–Trinajstić information content (AvgIpc) is 3.00. The zero-order valence-corrected chi connectivity index (χ0v) is 23.1. The van der Waals surface area contributed by atoms with Crippen LogP contribution in [0.25, 0.3) is 49.0 Å². The molecule has 1 heteroatoms. The molecule has 0 nitrogen and oxygen atoms in total. The maximum absolute atomic E-state index is 2.42. The van der Waals surface area contributed by atoms with Crippen molar-refractivity contribution in [2.45, 2.75) is 13.8 Å². The van der Waals surface area contributed by atoms with Gasteiger partial charge in [0, 0.05) is 0 Å². The first-order chi connectivity index (χ1) is 19.2. The molecule has 0 radical (unpaired) electrons. The van der Waals surface area contributed by atoms with Gasteiger partial charge in [0.1, 0.15) is 0 Å². The van der Waals surface area contributed by atoms with E-state index >= 15 is 0 Å². The summed E-state index contributed by atoms with van der Waals surface area (Å²) in [5.74, 6) is 0. The predicted molar refractivity (Wildman–Crippen MR) is 174 cm³/mol. The van der Waals surface area contributed by atoms with E-state index < -0.39 is 7.92 Å². The first-order valence-corrected chi connectivity index (χ1v) is 14.9. The minimum Gasteiger partial charge on any atom is -0.0841 e. The summed E-state index contributed by atoms with van der Waals surface area (Å²) in [5.41, 5.74) is 5.28. The van der Waals surface area contributed by atoms with Gasteiger partial charge in [0.05, 0.1) is 0 Å². The zero-order chi connectivity index (χ0) is 26.3. The lowest BCUT2D eigenvalue weighted by Crippen LogP contribution is -2.22. The van der Waals surface area contributed by atoms with Crippen molar-refractivity contribution in [3.63, 3.8) is 0 Å². The van der Waals surface area contributed by atoms with Crippen LogP contribution in [0.1, 0.15) is 19.4 Å². The normalized spacial score (nSPS) is 12.2. The summed E-state index contributed by atoms with van der Waals surface area (Å²) in [5, 5.41) is 12.1. The number of benzene rings is 7. The molecule has 0 spiro atoms. The van der Waals surface area contributed by atoms with E-state index in [0.29, 0.717) is 0 Å². The number of hydrogen-bond donors (Lipinski definition) is 0. The van der Waals surface area contributed by atoms with E-state index in [4.69, 9.17) is 0 Å². The summed E-state index contributed by atoms with van der Waals surface area (Å²) in [7, 11) is -0.750. The Bertz CT molecular complexity index is 1910. The molecule has 7 aromatic rings. The van der Waals surface area contributed by atoms with E-state index in [1.54, 1.807) is 0 Å². The Kier molecular flexibility index (Phi) is 5.99. The summed E-state index contributed by atoms with van der Waals surface area (Å²) >= 11 is 0. The second-order valence-corrected chi connectivity index (χ2v) is 12.3. The smallest absolute Gasteiger partial charge is 0.00201 e. The van der Waals surface area contributed by atoms with E-state index in [1.165, 1.54) is 70.5 Å². The SMILES string of the molecule is C/C=C(\C)c1cc2ccc3cccc4ccc(c1-c1ccccc1P(c1ccccc1)c1ccccc1)c2c34. The maximum atomic E-state index is 2.42. The lowest BCUT2D eigenvalue weighted by atomic mass is 9.85. The Hall–Kier alpha value is -4.25. The van der Waals surface area contributed by atoms with Crippen molar-refractivity contribution in [3.8, 4) is 11.1 Å². The van der Waals surface area contributed by atoms with E-state index in [9.17, 15) is 0 Å². The first-order valence-electron chi connectivity index (χ1n) is 13.6. The highest BCUT2D eigenvalue weighted by Crippen LogP contribution is 2.45. The predicted octanol–water partition coefficient (Wildman–Crippen LogP) is 9.43. The third-order valence-corrected chi connectivity index (χ3v) is 10.4. The number of rotatable bonds is 5. The lowest BCUT2D eigenvalue weighted by Gasteiger charge is -2.25. The molecule has 7 aromatic carbocycles. The fourth-order valence-electron chi connectivity index (χ4n) is 6.03. The molecular weight excluding hydrogens is 487 g/mol. The van der Waals surface area contributed by atoms with Crippen molar-refractivity contribution in [2.24, 2.45) is 0 Å². The Morgan fingerprint density at radius 1 is 0.564 bits per heavy atom. The van der Waals surface area contributed by atoms with Gasteiger partial charge in [0.15, 0.2) is 0 Å². The fraction of sp³-hybridized carbons (Fsp3) is 0.0526. The highest BCUT2D eigenvalue weighted by Gasteiger charge is 2.24. The molecule has 0 heterocycles. The molecule has 0 aliphatic carbocycles. The summed E-state index contributed by atoms with van der Waals surface area (Å²) in [4.78, 5) is 0. The van der Waals surface area contributed by atoms with Crippen LogP contribution in [0, 0.1) is 0 Å². The minimum absolute atomic E-state index is 0.750. The van der Waals surface area contributed by atoms with Gasteiger partial charge < -0.3 is 0 Å². The quantitative estimate of drug-likeness (QED) is 0.158. The largest absolute Gasteiger partial charge is 0.0841 e. The molecule has 0 bridgehead atoms. The third-order valence-electron chi connectivity index (χ3n) is 7.95. The Morgan fingerprint density at radius 3 is 1.82 bits per heavy atom. The van der Waals surface area contributed by atoms with E-state index in [1.807, 2.05) is 0 Å². The molecule has 0 fully saturated rings. The van der Waals surface area contributed by atoms with Gasteiger partial charge in [0.25, 0.3) is 0 Å². The highest BCUT2D eigenvalue weighted by atomic mass is 31.1. The molecule has 0 amide bonds. The summed E-state index contributed by atoms with van der Waals surface area (Å²) in [6.07, 6.45) is 2.25. The van der Waals surface area contributed by atoms with Gasteiger partial charge in [-0.15, -0.1) is 0 Å². The monoisotopic (exact) mass is 516 g/mol. The fourth-order valence-corrected chi connectivity index (χ4v) is 8.49. The standard InChI is InChI=1S/C38H29P/c1-3-26(2)34-25-29-22-21-27-13-12-14-28-23-24-33(37(29)36(27)28)38(34)32-19-10-11-20-35(32)39(30-15-6-4-7-16-30)31-17-8-5-9-18-31/h3-25H,1-2H3/b26-3+. The molecule has 0 aromatic heterocycles. The topological polar surface area (TPSA) is 0 Å². The van der Waals surface area contributed by atoms with Crippen LogP contribution in [-0.2, 0) is 0 Å². The van der Waals surface area contributed by atoms with Gasteiger partial charge in [0.2, 0.25) is 0 Å². The Labute approximate surface area is 231 Å². The Balaban J connectivity index is 1.61. The molecular formula is C38H29P. The second-order valence-electron chi connectivity index (χ2n) is 10.2. The van der Waals surface area contributed by atoms with Gasteiger partial charge in [-0.05, 0) is 98.3 Å².